The van der Waals surface area contributed by atoms with Gasteiger partial charge in [0.25, 0.3) is 0 Å². The van der Waals surface area contributed by atoms with Crippen molar-refractivity contribution in [2.24, 2.45) is 23.7 Å². The van der Waals surface area contributed by atoms with E-state index in [1.54, 1.807) is 0 Å². The normalized spacial score (nSPS) is 31.0. The maximum atomic E-state index is 12.7. The van der Waals surface area contributed by atoms with E-state index >= 15 is 0 Å². The van der Waals surface area contributed by atoms with Gasteiger partial charge in [-0.15, -0.1) is 0 Å². The summed E-state index contributed by atoms with van der Waals surface area (Å²) in [5.74, 6) is -0.792. The molecule has 0 aromatic heterocycles. The van der Waals surface area contributed by atoms with Crippen molar-refractivity contribution in [3.05, 3.63) is 42.0 Å². The summed E-state index contributed by atoms with van der Waals surface area (Å²) >= 11 is 0. The van der Waals surface area contributed by atoms with Crippen LogP contribution in [0.3, 0.4) is 0 Å². The SMILES string of the molecule is O=C1[C@@H]2[C@@H](C(=O)N1CNc1cccc(C(F)(F)F)c1)[C@H]1C=C[C@@H]2C1. The number of carbonyl (C=O) groups is 2. The van der Waals surface area contributed by atoms with Crippen LogP contribution in [0.1, 0.15) is 12.0 Å². The van der Waals surface area contributed by atoms with Gasteiger partial charge >= 0.3 is 6.18 Å². The summed E-state index contributed by atoms with van der Waals surface area (Å²) in [5, 5.41) is 2.76. The highest BCUT2D eigenvalue weighted by Gasteiger charge is 2.59. The van der Waals surface area contributed by atoms with E-state index in [4.69, 9.17) is 0 Å². The van der Waals surface area contributed by atoms with Gasteiger partial charge in [0, 0.05) is 5.69 Å². The number of hydrogen-bond donors (Lipinski definition) is 1. The molecule has 0 spiro atoms. The Balaban J connectivity index is 1.48. The second kappa shape index (κ2) is 5.09. The molecule has 0 unspecified atom stereocenters. The summed E-state index contributed by atoms with van der Waals surface area (Å²) in [7, 11) is 0. The Bertz CT molecular complexity index is 714. The van der Waals surface area contributed by atoms with Gasteiger partial charge < -0.3 is 5.32 Å². The molecule has 3 aliphatic rings. The third-order valence-electron chi connectivity index (χ3n) is 5.19. The number of allylic oxidation sites excluding steroid dienone is 2. The summed E-state index contributed by atoms with van der Waals surface area (Å²) in [6, 6.07) is 4.71. The van der Waals surface area contributed by atoms with Crippen molar-refractivity contribution in [2.75, 3.05) is 12.0 Å². The first-order valence-electron chi connectivity index (χ1n) is 7.81. The zero-order valence-electron chi connectivity index (χ0n) is 12.6. The number of likely N-dealkylation sites (tertiary alicyclic amines) is 1. The van der Waals surface area contributed by atoms with E-state index < -0.39 is 11.7 Å². The van der Waals surface area contributed by atoms with Crippen LogP contribution in [0.2, 0.25) is 0 Å². The number of nitrogens with one attached hydrogen (secondary N) is 1. The minimum atomic E-state index is -4.43. The van der Waals surface area contributed by atoms with Crippen LogP contribution in [0.15, 0.2) is 36.4 Å². The number of anilines is 1. The van der Waals surface area contributed by atoms with E-state index in [0.29, 0.717) is 0 Å². The second-order valence-electron chi connectivity index (χ2n) is 6.52. The van der Waals surface area contributed by atoms with Gasteiger partial charge in [-0.1, -0.05) is 18.2 Å². The zero-order chi connectivity index (χ0) is 17.1. The number of hydrogen-bond acceptors (Lipinski definition) is 3. The van der Waals surface area contributed by atoms with Crippen LogP contribution in [-0.2, 0) is 15.8 Å². The summed E-state index contributed by atoms with van der Waals surface area (Å²) in [4.78, 5) is 26.1. The van der Waals surface area contributed by atoms with Gasteiger partial charge in [0.1, 0.15) is 0 Å². The molecule has 1 saturated heterocycles. The fourth-order valence-electron chi connectivity index (χ4n) is 4.10. The lowest BCUT2D eigenvalue weighted by molar-refractivity contribution is -0.140. The Morgan fingerprint density at radius 1 is 1.08 bits per heavy atom. The molecule has 2 amide bonds. The number of halogens is 3. The van der Waals surface area contributed by atoms with Crippen molar-refractivity contribution in [3.8, 4) is 0 Å². The fourth-order valence-corrected chi connectivity index (χ4v) is 4.10. The Morgan fingerprint density at radius 2 is 1.71 bits per heavy atom. The molecule has 126 valence electrons. The van der Waals surface area contributed by atoms with E-state index in [9.17, 15) is 22.8 Å². The highest BCUT2D eigenvalue weighted by Crippen LogP contribution is 2.52. The molecule has 2 aliphatic carbocycles. The van der Waals surface area contributed by atoms with Gasteiger partial charge in [0.15, 0.2) is 0 Å². The molecule has 7 heteroatoms. The molecular formula is C17H15F3N2O2. The molecule has 1 aromatic carbocycles. The number of amides is 2. The van der Waals surface area contributed by atoms with Crippen molar-refractivity contribution in [1.82, 2.24) is 4.90 Å². The Hall–Kier alpha value is -2.31. The molecule has 1 aliphatic heterocycles. The second-order valence-corrected chi connectivity index (χ2v) is 6.52. The first kappa shape index (κ1) is 15.2. The molecule has 1 N–H and O–H groups in total. The van der Waals surface area contributed by atoms with Gasteiger partial charge in [-0.25, -0.2) is 0 Å². The lowest BCUT2D eigenvalue weighted by atomic mass is 9.85. The molecule has 1 heterocycles. The van der Waals surface area contributed by atoms with Gasteiger partial charge in [-0.2, -0.15) is 13.2 Å². The number of fused-ring (bicyclic) bond motifs is 5. The first-order valence-corrected chi connectivity index (χ1v) is 7.81. The van der Waals surface area contributed by atoms with Crippen LogP contribution in [-0.4, -0.2) is 23.4 Å². The molecule has 24 heavy (non-hydrogen) atoms. The molecule has 1 aromatic rings. The average Bonchev–Trinajstić information content (AvgIpc) is 3.20. The molecule has 2 bridgehead atoms. The number of imide groups is 1. The molecule has 2 fully saturated rings. The third-order valence-corrected chi connectivity index (χ3v) is 5.19. The molecule has 1 saturated carbocycles. The molecule has 4 rings (SSSR count). The Labute approximate surface area is 136 Å². The van der Waals surface area contributed by atoms with Crippen LogP contribution >= 0.6 is 0 Å². The van der Waals surface area contributed by atoms with E-state index in [1.807, 2.05) is 12.2 Å². The monoisotopic (exact) mass is 336 g/mol. The number of benzene rings is 1. The maximum Gasteiger partial charge on any atom is 0.416 e. The highest BCUT2D eigenvalue weighted by molar-refractivity contribution is 6.06. The van der Waals surface area contributed by atoms with Crippen LogP contribution in [0.4, 0.5) is 18.9 Å². The quantitative estimate of drug-likeness (QED) is 0.682. The number of rotatable bonds is 3. The predicted octanol–water partition coefficient (Wildman–Crippen LogP) is 2.88. The van der Waals surface area contributed by atoms with Crippen LogP contribution in [0, 0.1) is 23.7 Å². The van der Waals surface area contributed by atoms with Gasteiger partial charge in [0.05, 0.1) is 24.1 Å². The topological polar surface area (TPSA) is 49.4 Å². The fraction of sp³-hybridized carbons (Fsp3) is 0.412. The van der Waals surface area contributed by atoms with Crippen molar-refractivity contribution in [2.45, 2.75) is 12.6 Å². The van der Waals surface area contributed by atoms with Gasteiger partial charge in [0.2, 0.25) is 11.8 Å². The average molecular weight is 336 g/mol. The van der Waals surface area contributed by atoms with E-state index in [-0.39, 0.29) is 47.8 Å². The molecular weight excluding hydrogens is 321 g/mol. The van der Waals surface area contributed by atoms with Crippen LogP contribution < -0.4 is 5.32 Å². The summed E-state index contributed by atoms with van der Waals surface area (Å²) in [6.07, 6.45) is 0.419. The highest BCUT2D eigenvalue weighted by atomic mass is 19.4. The van der Waals surface area contributed by atoms with Crippen molar-refractivity contribution in [3.63, 3.8) is 0 Å². The van der Waals surface area contributed by atoms with Crippen molar-refractivity contribution < 1.29 is 22.8 Å². The minimum absolute atomic E-state index is 0.106. The van der Waals surface area contributed by atoms with Crippen LogP contribution in [0.5, 0.6) is 0 Å². The summed E-state index contributed by atoms with van der Waals surface area (Å²) in [6.45, 7) is -0.106. The predicted molar refractivity (Wildman–Crippen MR) is 79.5 cm³/mol. The largest absolute Gasteiger partial charge is 0.416 e. The number of carbonyl (C=O) groups excluding carboxylic acids is 2. The van der Waals surface area contributed by atoms with Crippen molar-refractivity contribution in [1.29, 1.82) is 0 Å². The number of nitrogens with zero attached hydrogens (tertiary/aromatic N) is 1. The summed E-state index contributed by atoms with van der Waals surface area (Å²) < 4.78 is 38.2. The first-order chi connectivity index (χ1) is 11.4. The van der Waals surface area contributed by atoms with E-state index in [1.165, 1.54) is 12.1 Å². The molecule has 4 nitrogen and oxygen atoms in total. The van der Waals surface area contributed by atoms with E-state index in [2.05, 4.69) is 5.32 Å². The van der Waals surface area contributed by atoms with Gasteiger partial charge in [-0.3, -0.25) is 14.5 Å². The van der Waals surface area contributed by atoms with E-state index in [0.717, 1.165) is 23.5 Å². The minimum Gasteiger partial charge on any atom is -0.367 e. The van der Waals surface area contributed by atoms with Gasteiger partial charge in [-0.05, 0) is 36.5 Å². The third kappa shape index (κ3) is 2.22. The Kier molecular flexibility index (Phi) is 3.23. The zero-order valence-corrected chi connectivity index (χ0v) is 12.6. The number of alkyl halides is 3. The van der Waals surface area contributed by atoms with Crippen molar-refractivity contribution >= 4 is 17.5 Å². The molecule has 4 atom stereocenters. The smallest absolute Gasteiger partial charge is 0.367 e. The lowest BCUT2D eigenvalue weighted by Gasteiger charge is -2.19. The lowest BCUT2D eigenvalue weighted by Crippen LogP contribution is -2.37. The summed E-state index contributed by atoms with van der Waals surface area (Å²) in [5.41, 5.74) is -0.547. The van der Waals surface area contributed by atoms with Crippen LogP contribution in [0.25, 0.3) is 0 Å². The Morgan fingerprint density at radius 3 is 2.29 bits per heavy atom. The molecule has 0 radical (unpaired) electrons. The maximum absolute atomic E-state index is 12.7. The standard InChI is InChI=1S/C17H15F3N2O2/c18-17(19,20)11-2-1-3-12(7-11)21-8-22-15(23)13-9-4-5-10(6-9)14(13)16(22)24/h1-5,7,9-10,13-14,21H,6,8H2/t9-,10+,13-,14-/m0/s1.